The molecule has 0 radical (unpaired) electrons. The SMILES string of the molecule is O=C(NCCCn1cccn1)N[C@H]1c2ccccc2C[C@H]1O. The molecule has 1 aromatic heterocycles. The van der Waals surface area contributed by atoms with E-state index >= 15 is 0 Å². The number of aromatic nitrogens is 2. The third kappa shape index (κ3) is 3.28. The van der Waals surface area contributed by atoms with Crippen molar-refractivity contribution in [1.29, 1.82) is 0 Å². The van der Waals surface area contributed by atoms with Crippen molar-refractivity contribution >= 4 is 6.03 Å². The largest absolute Gasteiger partial charge is 0.390 e. The van der Waals surface area contributed by atoms with E-state index in [4.69, 9.17) is 0 Å². The molecule has 0 spiro atoms. The molecule has 6 heteroatoms. The Morgan fingerprint density at radius 2 is 2.23 bits per heavy atom. The van der Waals surface area contributed by atoms with Gasteiger partial charge in [0.2, 0.25) is 0 Å². The third-order valence-corrected chi connectivity index (χ3v) is 3.90. The highest BCUT2D eigenvalue weighted by Crippen LogP contribution is 2.30. The Balaban J connectivity index is 1.46. The van der Waals surface area contributed by atoms with E-state index in [2.05, 4.69) is 15.7 Å². The van der Waals surface area contributed by atoms with Crippen molar-refractivity contribution in [2.45, 2.75) is 31.5 Å². The van der Waals surface area contributed by atoms with Gasteiger partial charge >= 0.3 is 6.03 Å². The van der Waals surface area contributed by atoms with E-state index in [1.54, 1.807) is 6.20 Å². The number of fused-ring (bicyclic) bond motifs is 1. The second-order valence-corrected chi connectivity index (χ2v) is 5.47. The van der Waals surface area contributed by atoms with Crippen molar-refractivity contribution < 1.29 is 9.90 Å². The summed E-state index contributed by atoms with van der Waals surface area (Å²) >= 11 is 0. The summed E-state index contributed by atoms with van der Waals surface area (Å²) < 4.78 is 1.83. The number of carbonyl (C=O) groups is 1. The minimum Gasteiger partial charge on any atom is -0.390 e. The van der Waals surface area contributed by atoms with Crippen molar-refractivity contribution in [2.24, 2.45) is 0 Å². The monoisotopic (exact) mass is 300 g/mol. The summed E-state index contributed by atoms with van der Waals surface area (Å²) in [7, 11) is 0. The van der Waals surface area contributed by atoms with Gasteiger partial charge in [-0.15, -0.1) is 0 Å². The molecule has 22 heavy (non-hydrogen) atoms. The molecule has 6 nitrogen and oxygen atoms in total. The van der Waals surface area contributed by atoms with Crippen LogP contribution >= 0.6 is 0 Å². The first-order chi connectivity index (χ1) is 10.7. The Morgan fingerprint density at radius 3 is 3.05 bits per heavy atom. The van der Waals surface area contributed by atoms with E-state index in [0.29, 0.717) is 13.0 Å². The van der Waals surface area contributed by atoms with Crippen LogP contribution in [0.2, 0.25) is 0 Å². The van der Waals surface area contributed by atoms with Crippen LogP contribution in [-0.4, -0.2) is 33.6 Å². The second kappa shape index (κ2) is 6.62. The average Bonchev–Trinajstić information content (AvgIpc) is 3.13. The van der Waals surface area contributed by atoms with Gasteiger partial charge in [-0.25, -0.2) is 4.79 Å². The average molecular weight is 300 g/mol. The quantitative estimate of drug-likeness (QED) is 0.727. The molecule has 0 saturated heterocycles. The van der Waals surface area contributed by atoms with E-state index in [-0.39, 0.29) is 12.1 Å². The lowest BCUT2D eigenvalue weighted by atomic mass is 10.1. The van der Waals surface area contributed by atoms with Gasteiger partial charge in [0.05, 0.1) is 12.1 Å². The molecule has 0 unspecified atom stereocenters. The molecule has 2 aromatic rings. The fourth-order valence-electron chi connectivity index (χ4n) is 2.82. The highest BCUT2D eigenvalue weighted by atomic mass is 16.3. The molecule has 2 amide bonds. The number of rotatable bonds is 5. The number of hydrogen-bond acceptors (Lipinski definition) is 3. The lowest BCUT2D eigenvalue weighted by Gasteiger charge is -2.18. The fraction of sp³-hybridized carbons (Fsp3) is 0.375. The van der Waals surface area contributed by atoms with Crippen molar-refractivity contribution in [3.8, 4) is 0 Å². The zero-order valence-electron chi connectivity index (χ0n) is 12.3. The van der Waals surface area contributed by atoms with Crippen LogP contribution in [0.4, 0.5) is 4.79 Å². The molecule has 3 N–H and O–H groups in total. The Hall–Kier alpha value is -2.34. The van der Waals surface area contributed by atoms with Crippen LogP contribution in [-0.2, 0) is 13.0 Å². The zero-order chi connectivity index (χ0) is 15.4. The van der Waals surface area contributed by atoms with E-state index in [1.165, 1.54) is 0 Å². The normalized spacial score (nSPS) is 19.7. The molecule has 0 fully saturated rings. The van der Waals surface area contributed by atoms with Crippen LogP contribution in [0.3, 0.4) is 0 Å². The number of benzene rings is 1. The summed E-state index contributed by atoms with van der Waals surface area (Å²) in [5.74, 6) is 0. The van der Waals surface area contributed by atoms with Crippen LogP contribution < -0.4 is 10.6 Å². The first-order valence-corrected chi connectivity index (χ1v) is 7.52. The molecule has 1 aliphatic carbocycles. The summed E-state index contributed by atoms with van der Waals surface area (Å²) in [6, 6.07) is 9.11. The van der Waals surface area contributed by atoms with Gasteiger partial charge in [-0.2, -0.15) is 5.10 Å². The first kappa shape index (κ1) is 14.6. The van der Waals surface area contributed by atoms with Crippen molar-refractivity contribution in [3.05, 3.63) is 53.9 Å². The molecule has 2 atom stereocenters. The van der Waals surface area contributed by atoms with Gasteiger partial charge in [-0.1, -0.05) is 24.3 Å². The molecule has 1 heterocycles. The molecule has 1 aromatic carbocycles. The summed E-state index contributed by atoms with van der Waals surface area (Å²) in [5, 5.41) is 19.9. The fourth-order valence-corrected chi connectivity index (χ4v) is 2.82. The van der Waals surface area contributed by atoms with Gasteiger partial charge in [0, 0.05) is 31.9 Å². The number of aliphatic hydroxyl groups excluding tert-OH is 1. The molecule has 116 valence electrons. The smallest absolute Gasteiger partial charge is 0.315 e. The van der Waals surface area contributed by atoms with Crippen LogP contribution in [0.15, 0.2) is 42.7 Å². The van der Waals surface area contributed by atoms with E-state index in [0.717, 1.165) is 24.1 Å². The van der Waals surface area contributed by atoms with Gasteiger partial charge in [-0.3, -0.25) is 4.68 Å². The third-order valence-electron chi connectivity index (χ3n) is 3.90. The van der Waals surface area contributed by atoms with E-state index in [9.17, 15) is 9.90 Å². The van der Waals surface area contributed by atoms with Gasteiger partial charge in [0.25, 0.3) is 0 Å². The van der Waals surface area contributed by atoms with E-state index < -0.39 is 6.10 Å². The van der Waals surface area contributed by atoms with Crippen LogP contribution in [0.25, 0.3) is 0 Å². The highest BCUT2D eigenvalue weighted by Gasteiger charge is 2.31. The summed E-state index contributed by atoms with van der Waals surface area (Å²) in [4.78, 5) is 12.0. The predicted octanol–water partition coefficient (Wildman–Crippen LogP) is 1.23. The van der Waals surface area contributed by atoms with Crippen molar-refractivity contribution in [3.63, 3.8) is 0 Å². The Labute approximate surface area is 129 Å². The highest BCUT2D eigenvalue weighted by molar-refractivity contribution is 5.74. The Bertz CT molecular complexity index is 627. The lowest BCUT2D eigenvalue weighted by molar-refractivity contribution is 0.142. The first-order valence-electron chi connectivity index (χ1n) is 7.52. The minimum absolute atomic E-state index is 0.249. The van der Waals surface area contributed by atoms with Crippen LogP contribution in [0.1, 0.15) is 23.6 Å². The summed E-state index contributed by atoms with van der Waals surface area (Å²) in [6.07, 6.45) is 4.46. The van der Waals surface area contributed by atoms with Crippen molar-refractivity contribution in [2.75, 3.05) is 6.54 Å². The summed E-state index contributed by atoms with van der Waals surface area (Å²) in [6.45, 7) is 1.33. The van der Waals surface area contributed by atoms with Crippen molar-refractivity contribution in [1.82, 2.24) is 20.4 Å². The molecule has 1 aliphatic rings. The molecule has 0 bridgehead atoms. The number of amides is 2. The number of nitrogens with one attached hydrogen (secondary N) is 2. The predicted molar refractivity (Wildman–Crippen MR) is 82.3 cm³/mol. The maximum atomic E-state index is 12.0. The topological polar surface area (TPSA) is 79.2 Å². The van der Waals surface area contributed by atoms with Gasteiger partial charge in [0.15, 0.2) is 0 Å². The number of aliphatic hydroxyl groups is 1. The van der Waals surface area contributed by atoms with Gasteiger partial charge in [-0.05, 0) is 23.6 Å². The number of aryl methyl sites for hydroxylation is 1. The number of urea groups is 1. The maximum Gasteiger partial charge on any atom is 0.315 e. The number of carbonyl (C=O) groups excluding carboxylic acids is 1. The lowest BCUT2D eigenvalue weighted by Crippen LogP contribution is -2.41. The van der Waals surface area contributed by atoms with Crippen LogP contribution in [0.5, 0.6) is 0 Å². The van der Waals surface area contributed by atoms with Crippen LogP contribution in [0, 0.1) is 0 Å². The summed E-state index contributed by atoms with van der Waals surface area (Å²) in [5.41, 5.74) is 2.10. The van der Waals surface area contributed by atoms with Gasteiger partial charge < -0.3 is 15.7 Å². The van der Waals surface area contributed by atoms with E-state index in [1.807, 2.05) is 41.2 Å². The minimum atomic E-state index is -0.563. The molecule has 3 rings (SSSR count). The Kier molecular flexibility index (Phi) is 4.39. The molecule has 0 saturated carbocycles. The zero-order valence-corrected chi connectivity index (χ0v) is 12.3. The Morgan fingerprint density at radius 1 is 1.36 bits per heavy atom. The second-order valence-electron chi connectivity index (χ2n) is 5.47. The molecule has 0 aliphatic heterocycles. The number of hydrogen-bond donors (Lipinski definition) is 3. The molecular weight excluding hydrogens is 280 g/mol. The maximum absolute atomic E-state index is 12.0. The standard InChI is InChI=1S/C16H20N4O2/c21-14-11-12-5-1-2-6-13(12)15(14)19-16(22)17-7-3-9-20-10-4-8-18-20/h1-2,4-6,8,10,14-15,21H,3,7,9,11H2,(H2,17,19,22)/t14-,15+/m1/s1. The molecular formula is C16H20N4O2. The van der Waals surface area contributed by atoms with Gasteiger partial charge in [0.1, 0.15) is 0 Å². The number of nitrogens with zero attached hydrogens (tertiary/aromatic N) is 2.